The molecule has 1 atom stereocenters. The third-order valence-electron chi connectivity index (χ3n) is 14.0. The Bertz CT molecular complexity index is 1840. The predicted molar refractivity (Wildman–Crippen MR) is 362 cm³/mol. The predicted octanol–water partition coefficient (Wildman–Crippen LogP) is 23.7. The summed E-state index contributed by atoms with van der Waals surface area (Å²) in [7, 11) is 0. The van der Waals surface area contributed by atoms with Gasteiger partial charge in [-0.25, -0.2) is 0 Å². The van der Waals surface area contributed by atoms with E-state index >= 15 is 0 Å². The number of carbonyl (C=O) groups is 3. The van der Waals surface area contributed by atoms with Crippen LogP contribution in [0.4, 0.5) is 0 Å². The Hall–Kier alpha value is -4.97. The van der Waals surface area contributed by atoms with Crippen LogP contribution in [0, 0.1) is 0 Å². The van der Waals surface area contributed by atoms with Crippen molar-refractivity contribution in [3.63, 3.8) is 0 Å². The van der Waals surface area contributed by atoms with E-state index in [9.17, 15) is 14.4 Å². The van der Waals surface area contributed by atoms with Gasteiger partial charge in [-0.05, 0) is 128 Å². The van der Waals surface area contributed by atoms with Crippen LogP contribution in [0.5, 0.6) is 0 Å². The molecule has 6 heteroatoms. The van der Waals surface area contributed by atoms with Crippen LogP contribution in [0.2, 0.25) is 0 Å². The van der Waals surface area contributed by atoms with Crippen LogP contribution in [-0.2, 0) is 28.6 Å². The van der Waals surface area contributed by atoms with E-state index in [4.69, 9.17) is 14.2 Å². The van der Waals surface area contributed by atoms with Gasteiger partial charge in [0, 0.05) is 12.8 Å². The molecule has 0 amide bonds. The van der Waals surface area contributed by atoms with Crippen molar-refractivity contribution in [2.75, 3.05) is 13.2 Å². The molecule has 0 aliphatic heterocycles. The van der Waals surface area contributed by atoms with Gasteiger partial charge in [-0.3, -0.25) is 14.4 Å². The Kier molecular flexibility index (Phi) is 65.4. The average molecular weight is 1150 g/mol. The summed E-state index contributed by atoms with van der Waals surface area (Å²) in [5, 5.41) is 0. The summed E-state index contributed by atoms with van der Waals surface area (Å²) in [6, 6.07) is 0. The van der Waals surface area contributed by atoms with Gasteiger partial charge in [0.15, 0.2) is 6.10 Å². The van der Waals surface area contributed by atoms with E-state index in [2.05, 4.69) is 167 Å². The van der Waals surface area contributed by atoms with Gasteiger partial charge < -0.3 is 14.2 Å². The van der Waals surface area contributed by atoms with Gasteiger partial charge in [0.1, 0.15) is 13.2 Å². The Balaban J connectivity index is 4.45. The summed E-state index contributed by atoms with van der Waals surface area (Å²) in [5.74, 6) is -1.08. The first-order chi connectivity index (χ1) is 41.0. The molecule has 0 aromatic carbocycles. The lowest BCUT2D eigenvalue weighted by molar-refractivity contribution is -0.166. The monoisotopic (exact) mass is 1140 g/mol. The smallest absolute Gasteiger partial charge is 0.309 e. The van der Waals surface area contributed by atoms with Crippen molar-refractivity contribution < 1.29 is 28.6 Å². The second-order valence-electron chi connectivity index (χ2n) is 22.0. The quantitative estimate of drug-likeness (QED) is 0.0261. The number of unbranched alkanes of at least 4 members (excludes halogenated alkanes) is 24. The zero-order valence-corrected chi connectivity index (χ0v) is 53.7. The van der Waals surface area contributed by atoms with Crippen molar-refractivity contribution in [3.05, 3.63) is 158 Å². The van der Waals surface area contributed by atoms with Gasteiger partial charge in [0.2, 0.25) is 0 Å². The number of rotatable bonds is 60. The highest BCUT2D eigenvalue weighted by atomic mass is 16.6. The molecule has 0 heterocycles. The molecular formula is C77H124O6. The zero-order valence-electron chi connectivity index (χ0n) is 53.7. The molecule has 468 valence electrons. The molecular weight excluding hydrogens is 1020 g/mol. The van der Waals surface area contributed by atoms with Crippen molar-refractivity contribution in [1.82, 2.24) is 0 Å². The van der Waals surface area contributed by atoms with Crippen molar-refractivity contribution in [2.45, 2.75) is 297 Å². The molecule has 0 aliphatic rings. The average Bonchev–Trinajstić information content (AvgIpc) is 3.49. The molecule has 83 heavy (non-hydrogen) atoms. The minimum absolute atomic E-state index is 0.115. The summed E-state index contributed by atoms with van der Waals surface area (Å²) < 4.78 is 16.8. The molecule has 0 spiro atoms. The highest BCUT2D eigenvalue weighted by Crippen LogP contribution is 2.16. The van der Waals surface area contributed by atoms with Crippen LogP contribution in [0.1, 0.15) is 290 Å². The molecule has 0 aliphatic carbocycles. The van der Waals surface area contributed by atoms with Gasteiger partial charge in [-0.15, -0.1) is 0 Å². The van der Waals surface area contributed by atoms with E-state index in [1.54, 1.807) is 6.08 Å². The van der Waals surface area contributed by atoms with Crippen LogP contribution in [0.15, 0.2) is 158 Å². The van der Waals surface area contributed by atoms with Crippen LogP contribution in [0.3, 0.4) is 0 Å². The molecule has 0 bridgehead atoms. The lowest BCUT2D eigenvalue weighted by Crippen LogP contribution is -2.30. The molecule has 0 aromatic heterocycles. The Morgan fingerprint density at radius 2 is 0.518 bits per heavy atom. The summed E-state index contributed by atoms with van der Waals surface area (Å²) in [6.07, 6.45) is 101. The maximum atomic E-state index is 12.9. The first-order valence-corrected chi connectivity index (χ1v) is 34.0. The van der Waals surface area contributed by atoms with Gasteiger partial charge in [-0.1, -0.05) is 301 Å². The second kappa shape index (κ2) is 69.5. The first kappa shape index (κ1) is 78.0. The SMILES string of the molecule is CC/C=C\C/C=C\C/C=C\C/C=C\C/C=C\C/C=C\CCCCCCC(=O)OC(COC(=O)C/C=C\C/C=C\C/C=C\C/C=C\C/C=C\CC)COC(=O)CCCCCCCCCCCCCCCCC/C=C\C/C=C\CCCCCCC. The maximum Gasteiger partial charge on any atom is 0.309 e. The molecule has 0 N–H and O–H groups in total. The van der Waals surface area contributed by atoms with Crippen molar-refractivity contribution in [2.24, 2.45) is 0 Å². The number of ether oxygens (including phenoxy) is 3. The molecule has 6 nitrogen and oxygen atoms in total. The van der Waals surface area contributed by atoms with Gasteiger partial charge in [-0.2, -0.15) is 0 Å². The number of esters is 3. The van der Waals surface area contributed by atoms with E-state index < -0.39 is 12.1 Å². The van der Waals surface area contributed by atoms with Gasteiger partial charge in [0.05, 0.1) is 6.42 Å². The maximum absolute atomic E-state index is 12.9. The van der Waals surface area contributed by atoms with E-state index in [1.165, 1.54) is 122 Å². The molecule has 0 aromatic rings. The standard InChI is InChI=1S/C77H124O6/c1-4-7-10-13-16-19-22-25-28-30-32-34-36-37-38-39-41-42-44-46-49-52-55-58-61-64-67-70-76(79)82-73-74(72-81-75(78)69-66-63-60-57-54-51-48-27-24-21-18-15-12-9-6-3)83-77(80)71-68-65-62-59-56-53-50-47-45-43-40-35-33-31-29-26-23-20-17-14-11-8-5-2/h8-9,11-12,17-18,20-22,25-27,29-30,32-33,35,43,45,48,50,53-54,57,63,66,74H,4-7,10,13-16,19,23-24,28,31,34,36-42,44,46-47,49,51-52,55-56,58-62,64-65,67-73H2,1-3H3/b11-8-,12-9-,20-17-,21-18-,25-22-,29-26-,32-30-,35-33-,45-43-,48-27-,53-50-,57-54-,66-63-. The van der Waals surface area contributed by atoms with E-state index in [1.807, 2.05) is 6.08 Å². The molecule has 0 rings (SSSR count). The molecule has 0 saturated carbocycles. The highest BCUT2D eigenvalue weighted by Gasteiger charge is 2.19. The molecule has 0 saturated heterocycles. The largest absolute Gasteiger partial charge is 0.462 e. The summed E-state index contributed by atoms with van der Waals surface area (Å²) in [5.41, 5.74) is 0. The molecule has 0 radical (unpaired) electrons. The van der Waals surface area contributed by atoms with E-state index in [0.29, 0.717) is 6.42 Å². The molecule has 1 unspecified atom stereocenters. The molecule has 0 fully saturated rings. The minimum Gasteiger partial charge on any atom is -0.462 e. The summed E-state index contributed by atoms with van der Waals surface area (Å²) >= 11 is 0. The van der Waals surface area contributed by atoms with Crippen LogP contribution >= 0.6 is 0 Å². The van der Waals surface area contributed by atoms with Crippen LogP contribution < -0.4 is 0 Å². The third-order valence-corrected chi connectivity index (χ3v) is 14.0. The second-order valence-corrected chi connectivity index (χ2v) is 22.0. The third kappa shape index (κ3) is 67.7. The Labute approximate surface area is 511 Å². The highest BCUT2D eigenvalue weighted by molar-refractivity contribution is 5.72. The summed E-state index contributed by atoms with van der Waals surface area (Å²) in [6.45, 7) is 6.30. The van der Waals surface area contributed by atoms with Gasteiger partial charge in [0.25, 0.3) is 0 Å². The van der Waals surface area contributed by atoms with Crippen LogP contribution in [-0.4, -0.2) is 37.2 Å². The number of allylic oxidation sites excluding steroid dienone is 25. The van der Waals surface area contributed by atoms with Crippen LogP contribution in [0.25, 0.3) is 0 Å². The van der Waals surface area contributed by atoms with Gasteiger partial charge >= 0.3 is 17.9 Å². The van der Waals surface area contributed by atoms with Crippen molar-refractivity contribution >= 4 is 17.9 Å². The fraction of sp³-hybridized carbons (Fsp3) is 0.623. The van der Waals surface area contributed by atoms with Crippen molar-refractivity contribution in [1.29, 1.82) is 0 Å². The first-order valence-electron chi connectivity index (χ1n) is 34.0. The zero-order chi connectivity index (χ0) is 59.9. The lowest BCUT2D eigenvalue weighted by atomic mass is 10.0. The topological polar surface area (TPSA) is 78.9 Å². The minimum atomic E-state index is -0.841. The number of carbonyl (C=O) groups excluding carboxylic acids is 3. The fourth-order valence-electron chi connectivity index (χ4n) is 9.02. The fourth-order valence-corrected chi connectivity index (χ4v) is 9.02. The van der Waals surface area contributed by atoms with E-state index in [0.717, 1.165) is 128 Å². The normalized spacial score (nSPS) is 13.1. The van der Waals surface area contributed by atoms with Crippen molar-refractivity contribution in [3.8, 4) is 0 Å². The number of hydrogen-bond donors (Lipinski definition) is 0. The summed E-state index contributed by atoms with van der Waals surface area (Å²) in [4.78, 5) is 38.3. The Morgan fingerprint density at radius 1 is 0.265 bits per heavy atom. The van der Waals surface area contributed by atoms with E-state index in [-0.39, 0.29) is 38.0 Å². The number of hydrogen-bond acceptors (Lipinski definition) is 6. The lowest BCUT2D eigenvalue weighted by Gasteiger charge is -2.18. The Morgan fingerprint density at radius 3 is 0.843 bits per heavy atom.